The summed E-state index contributed by atoms with van der Waals surface area (Å²) in [4.78, 5) is 6.95. The van der Waals surface area contributed by atoms with Gasteiger partial charge in [0.25, 0.3) is 0 Å². The summed E-state index contributed by atoms with van der Waals surface area (Å²) >= 11 is 0. The number of hydrogen-bond acceptors (Lipinski definition) is 3. The van der Waals surface area contributed by atoms with Crippen molar-refractivity contribution in [3.63, 3.8) is 0 Å². The van der Waals surface area contributed by atoms with Crippen LogP contribution < -0.4 is 10.6 Å². The van der Waals surface area contributed by atoms with Gasteiger partial charge in [0.1, 0.15) is 0 Å². The maximum atomic E-state index is 6.05. The first kappa shape index (κ1) is 13.2. The number of para-hydroxylation sites is 1. The predicted octanol–water partition coefficient (Wildman–Crippen LogP) is 3.83. The quantitative estimate of drug-likeness (QED) is 0.861. The number of nitrogen functional groups attached to an aromatic ring is 1. The standard InChI is InChI=1S/C17H23N3/c1-3-17(4-2)9-11-20(12-17)15-8-10-19-16-13(15)6-5-7-14(16)18/h5-8,10H,3-4,9,11-12,18H2,1-2H3. The van der Waals surface area contributed by atoms with E-state index >= 15 is 0 Å². The number of anilines is 2. The maximum absolute atomic E-state index is 6.05. The van der Waals surface area contributed by atoms with Crippen LogP contribution in [0.5, 0.6) is 0 Å². The first-order valence-electron chi connectivity index (χ1n) is 7.57. The average molecular weight is 269 g/mol. The van der Waals surface area contributed by atoms with Crippen molar-refractivity contribution in [1.82, 2.24) is 4.98 Å². The normalized spacial score (nSPS) is 17.8. The molecule has 3 nitrogen and oxygen atoms in total. The third-order valence-corrected chi connectivity index (χ3v) is 5.06. The summed E-state index contributed by atoms with van der Waals surface area (Å²) in [5.41, 5.74) is 9.50. The Bertz CT molecular complexity index is 617. The van der Waals surface area contributed by atoms with Crippen LogP contribution in [0.25, 0.3) is 10.9 Å². The van der Waals surface area contributed by atoms with Crippen LogP contribution in [0, 0.1) is 5.41 Å². The van der Waals surface area contributed by atoms with Crippen molar-refractivity contribution in [3.05, 3.63) is 30.5 Å². The van der Waals surface area contributed by atoms with Gasteiger partial charge in [-0.3, -0.25) is 4.98 Å². The number of pyridine rings is 1. The zero-order chi connectivity index (χ0) is 14.2. The molecule has 0 aliphatic carbocycles. The highest BCUT2D eigenvalue weighted by Gasteiger charge is 2.35. The van der Waals surface area contributed by atoms with E-state index < -0.39 is 0 Å². The van der Waals surface area contributed by atoms with Gasteiger partial charge in [-0.2, -0.15) is 0 Å². The maximum Gasteiger partial charge on any atom is 0.0951 e. The van der Waals surface area contributed by atoms with Crippen molar-refractivity contribution in [2.24, 2.45) is 5.41 Å². The molecule has 0 bridgehead atoms. The van der Waals surface area contributed by atoms with E-state index in [-0.39, 0.29) is 0 Å². The van der Waals surface area contributed by atoms with Crippen LogP contribution in [0.1, 0.15) is 33.1 Å². The number of benzene rings is 1. The fourth-order valence-corrected chi connectivity index (χ4v) is 3.43. The number of rotatable bonds is 3. The monoisotopic (exact) mass is 269 g/mol. The lowest BCUT2D eigenvalue weighted by atomic mass is 9.82. The number of fused-ring (bicyclic) bond motifs is 1. The van der Waals surface area contributed by atoms with E-state index in [1.807, 2.05) is 18.3 Å². The van der Waals surface area contributed by atoms with Crippen molar-refractivity contribution in [2.45, 2.75) is 33.1 Å². The molecule has 3 heteroatoms. The second-order valence-electron chi connectivity index (χ2n) is 5.95. The molecule has 0 saturated carbocycles. The van der Waals surface area contributed by atoms with Crippen LogP contribution in [-0.4, -0.2) is 18.1 Å². The van der Waals surface area contributed by atoms with Crippen LogP contribution in [-0.2, 0) is 0 Å². The summed E-state index contributed by atoms with van der Waals surface area (Å²) < 4.78 is 0. The topological polar surface area (TPSA) is 42.2 Å². The van der Waals surface area contributed by atoms with Crippen molar-refractivity contribution >= 4 is 22.3 Å². The van der Waals surface area contributed by atoms with E-state index in [9.17, 15) is 0 Å². The molecule has 20 heavy (non-hydrogen) atoms. The number of hydrogen-bond donors (Lipinski definition) is 1. The molecule has 0 atom stereocenters. The number of nitrogens with two attached hydrogens (primary N) is 1. The van der Waals surface area contributed by atoms with E-state index in [2.05, 4.69) is 35.9 Å². The van der Waals surface area contributed by atoms with Gasteiger partial charge in [0.2, 0.25) is 0 Å². The third kappa shape index (κ3) is 2.01. The van der Waals surface area contributed by atoms with Gasteiger partial charge in [-0.25, -0.2) is 0 Å². The molecule has 1 aliphatic rings. The molecule has 2 aromatic rings. The van der Waals surface area contributed by atoms with Gasteiger partial charge in [-0.05, 0) is 36.8 Å². The fourth-order valence-electron chi connectivity index (χ4n) is 3.43. The molecule has 1 aromatic carbocycles. The Labute approximate surface area is 120 Å². The van der Waals surface area contributed by atoms with Gasteiger partial charge in [-0.1, -0.05) is 26.0 Å². The third-order valence-electron chi connectivity index (χ3n) is 5.06. The Morgan fingerprint density at radius 1 is 1.25 bits per heavy atom. The van der Waals surface area contributed by atoms with Crippen LogP contribution in [0.15, 0.2) is 30.5 Å². The van der Waals surface area contributed by atoms with Crippen LogP contribution in [0.4, 0.5) is 11.4 Å². The second kappa shape index (κ2) is 4.97. The Balaban J connectivity index is 2.02. The Morgan fingerprint density at radius 2 is 2.05 bits per heavy atom. The lowest BCUT2D eigenvalue weighted by Crippen LogP contribution is -2.26. The molecule has 2 heterocycles. The van der Waals surface area contributed by atoms with E-state index in [0.29, 0.717) is 5.41 Å². The van der Waals surface area contributed by atoms with Crippen molar-refractivity contribution in [3.8, 4) is 0 Å². The molecular weight excluding hydrogens is 246 g/mol. The Morgan fingerprint density at radius 3 is 2.75 bits per heavy atom. The van der Waals surface area contributed by atoms with Gasteiger partial charge in [-0.15, -0.1) is 0 Å². The molecular formula is C17H23N3. The van der Waals surface area contributed by atoms with Crippen LogP contribution in [0.2, 0.25) is 0 Å². The molecule has 2 N–H and O–H groups in total. The Hall–Kier alpha value is -1.77. The molecule has 0 amide bonds. The van der Waals surface area contributed by atoms with Crippen molar-refractivity contribution < 1.29 is 0 Å². The summed E-state index contributed by atoms with van der Waals surface area (Å²) in [6, 6.07) is 8.20. The zero-order valence-corrected chi connectivity index (χ0v) is 12.4. The number of aromatic nitrogens is 1. The van der Waals surface area contributed by atoms with E-state index in [1.54, 1.807) is 0 Å². The summed E-state index contributed by atoms with van der Waals surface area (Å²) in [6.45, 7) is 6.91. The highest BCUT2D eigenvalue weighted by atomic mass is 15.2. The molecule has 1 saturated heterocycles. The van der Waals surface area contributed by atoms with Gasteiger partial charge in [0.15, 0.2) is 0 Å². The van der Waals surface area contributed by atoms with E-state index in [4.69, 9.17) is 5.73 Å². The molecule has 106 valence electrons. The van der Waals surface area contributed by atoms with Crippen LogP contribution in [0.3, 0.4) is 0 Å². The predicted molar refractivity (Wildman–Crippen MR) is 86.0 cm³/mol. The minimum absolute atomic E-state index is 0.482. The largest absolute Gasteiger partial charge is 0.397 e. The minimum atomic E-state index is 0.482. The van der Waals surface area contributed by atoms with E-state index in [1.165, 1.54) is 30.3 Å². The van der Waals surface area contributed by atoms with Crippen molar-refractivity contribution in [1.29, 1.82) is 0 Å². The SMILES string of the molecule is CCC1(CC)CCN(c2ccnc3c(N)cccc23)C1. The van der Waals surface area contributed by atoms with Gasteiger partial charge in [0.05, 0.1) is 11.2 Å². The number of nitrogens with zero attached hydrogens (tertiary/aromatic N) is 2. The fraction of sp³-hybridized carbons (Fsp3) is 0.471. The van der Waals surface area contributed by atoms with Crippen molar-refractivity contribution in [2.75, 3.05) is 23.7 Å². The summed E-state index contributed by atoms with van der Waals surface area (Å²) in [7, 11) is 0. The Kier molecular flexibility index (Phi) is 3.28. The summed E-state index contributed by atoms with van der Waals surface area (Å²) in [6.07, 6.45) is 5.67. The molecule has 3 rings (SSSR count). The van der Waals surface area contributed by atoms with Gasteiger partial charge < -0.3 is 10.6 Å². The highest BCUT2D eigenvalue weighted by molar-refractivity contribution is 5.98. The first-order valence-corrected chi connectivity index (χ1v) is 7.57. The lowest BCUT2D eigenvalue weighted by Gasteiger charge is -2.27. The molecule has 1 fully saturated rings. The minimum Gasteiger partial charge on any atom is -0.397 e. The average Bonchev–Trinajstić information content (AvgIpc) is 2.92. The smallest absolute Gasteiger partial charge is 0.0951 e. The second-order valence-corrected chi connectivity index (χ2v) is 5.95. The molecule has 0 radical (unpaired) electrons. The lowest BCUT2D eigenvalue weighted by molar-refractivity contribution is 0.301. The summed E-state index contributed by atoms with van der Waals surface area (Å²) in [5.74, 6) is 0. The molecule has 1 aliphatic heterocycles. The van der Waals surface area contributed by atoms with Crippen LogP contribution >= 0.6 is 0 Å². The van der Waals surface area contributed by atoms with Gasteiger partial charge in [0, 0.05) is 30.4 Å². The summed E-state index contributed by atoms with van der Waals surface area (Å²) in [5, 5.41) is 1.18. The van der Waals surface area contributed by atoms with E-state index in [0.717, 1.165) is 24.3 Å². The molecule has 0 unspecified atom stereocenters. The molecule has 0 spiro atoms. The first-order chi connectivity index (χ1) is 9.69. The van der Waals surface area contributed by atoms with Gasteiger partial charge >= 0.3 is 0 Å². The highest BCUT2D eigenvalue weighted by Crippen LogP contribution is 2.40. The zero-order valence-electron chi connectivity index (χ0n) is 12.4. The molecule has 1 aromatic heterocycles.